The zero-order chi connectivity index (χ0) is 13.6. The number of benzene rings is 1. The molecular weight excluding hydrogens is 249 g/mol. The van der Waals surface area contributed by atoms with Crippen LogP contribution >= 0.6 is 0 Å². The fourth-order valence-electron chi connectivity index (χ4n) is 1.21. The minimum atomic E-state index is -4.36. The Morgan fingerprint density at radius 3 is 2.33 bits per heavy atom. The van der Waals surface area contributed by atoms with Gasteiger partial charge in [0, 0.05) is 12.0 Å². The molecule has 0 bridgehead atoms. The van der Waals surface area contributed by atoms with E-state index in [-0.39, 0.29) is 5.78 Å². The molecule has 100 valence electrons. The summed E-state index contributed by atoms with van der Waals surface area (Å²) < 4.78 is 44.5. The molecule has 0 aromatic heterocycles. The number of hydrogen-bond donors (Lipinski definition) is 0. The maximum atomic E-state index is 11.7. The van der Waals surface area contributed by atoms with Crippen molar-refractivity contribution in [3.8, 4) is 5.75 Å². The summed E-state index contributed by atoms with van der Waals surface area (Å²) in [6.45, 7) is -0.0856. The summed E-state index contributed by atoms with van der Waals surface area (Å²) in [6, 6.07) is 6.15. The SMILES string of the molecule is CCC(=O)c1ccc(OCOCC(F)(F)F)cc1. The highest BCUT2D eigenvalue weighted by atomic mass is 19.4. The Hall–Kier alpha value is -1.56. The number of carbonyl (C=O) groups is 1. The van der Waals surface area contributed by atoms with Gasteiger partial charge in [-0.05, 0) is 24.3 Å². The largest absolute Gasteiger partial charge is 0.468 e. The third kappa shape index (κ3) is 5.18. The average Bonchev–Trinajstić information content (AvgIpc) is 2.33. The van der Waals surface area contributed by atoms with Gasteiger partial charge in [-0.15, -0.1) is 0 Å². The molecule has 0 saturated carbocycles. The van der Waals surface area contributed by atoms with Gasteiger partial charge in [0.25, 0.3) is 0 Å². The minimum absolute atomic E-state index is 0.00475. The van der Waals surface area contributed by atoms with E-state index in [0.29, 0.717) is 17.7 Å². The molecule has 0 radical (unpaired) electrons. The molecule has 1 aromatic rings. The van der Waals surface area contributed by atoms with Crippen LogP contribution in [-0.2, 0) is 4.74 Å². The minimum Gasteiger partial charge on any atom is -0.468 e. The van der Waals surface area contributed by atoms with Crippen LogP contribution in [0.1, 0.15) is 23.7 Å². The first-order chi connectivity index (χ1) is 8.42. The van der Waals surface area contributed by atoms with Crippen molar-refractivity contribution in [1.29, 1.82) is 0 Å². The van der Waals surface area contributed by atoms with Gasteiger partial charge >= 0.3 is 6.18 Å². The molecule has 0 aliphatic heterocycles. The molecule has 0 aliphatic carbocycles. The molecule has 0 N–H and O–H groups in total. The van der Waals surface area contributed by atoms with Crippen LogP contribution in [0.15, 0.2) is 24.3 Å². The van der Waals surface area contributed by atoms with E-state index >= 15 is 0 Å². The van der Waals surface area contributed by atoms with Crippen LogP contribution in [0.3, 0.4) is 0 Å². The van der Waals surface area contributed by atoms with Crippen LogP contribution < -0.4 is 4.74 Å². The number of ether oxygens (including phenoxy) is 2. The molecule has 0 heterocycles. The molecule has 0 unspecified atom stereocenters. The van der Waals surface area contributed by atoms with Gasteiger partial charge in [-0.3, -0.25) is 4.79 Å². The monoisotopic (exact) mass is 262 g/mol. The van der Waals surface area contributed by atoms with Crippen LogP contribution in [0.25, 0.3) is 0 Å². The van der Waals surface area contributed by atoms with Crippen molar-refractivity contribution in [1.82, 2.24) is 0 Å². The second kappa shape index (κ2) is 6.39. The standard InChI is InChI=1S/C12H13F3O3/c1-2-11(16)9-3-5-10(6-4-9)18-8-17-7-12(13,14)15/h3-6H,2,7-8H2,1H3. The number of hydrogen-bond acceptors (Lipinski definition) is 3. The molecular formula is C12H13F3O3. The Morgan fingerprint density at radius 2 is 1.83 bits per heavy atom. The third-order valence-corrected chi connectivity index (χ3v) is 2.07. The first-order valence-corrected chi connectivity index (χ1v) is 5.33. The van der Waals surface area contributed by atoms with E-state index in [1.165, 1.54) is 12.1 Å². The summed E-state index contributed by atoms with van der Waals surface area (Å²) in [5.74, 6) is 0.347. The predicted octanol–water partition coefficient (Wildman–Crippen LogP) is 3.19. The highest BCUT2D eigenvalue weighted by molar-refractivity contribution is 5.95. The number of Topliss-reactive ketones (excluding diaryl/α,β-unsaturated/α-hetero) is 1. The van der Waals surface area contributed by atoms with Gasteiger partial charge in [0.2, 0.25) is 0 Å². The summed E-state index contributed by atoms with van der Waals surface area (Å²) in [4.78, 5) is 11.3. The number of carbonyl (C=O) groups excluding carboxylic acids is 1. The van der Waals surface area contributed by atoms with Crippen molar-refractivity contribution in [2.45, 2.75) is 19.5 Å². The number of ketones is 1. The van der Waals surface area contributed by atoms with Crippen molar-refractivity contribution in [2.75, 3.05) is 13.4 Å². The zero-order valence-electron chi connectivity index (χ0n) is 9.79. The van der Waals surface area contributed by atoms with E-state index in [0.717, 1.165) is 0 Å². The van der Waals surface area contributed by atoms with Crippen LogP contribution in [0.2, 0.25) is 0 Å². The summed E-state index contributed by atoms with van der Waals surface area (Å²) in [6.07, 6.45) is -3.96. The molecule has 18 heavy (non-hydrogen) atoms. The lowest BCUT2D eigenvalue weighted by atomic mass is 10.1. The quantitative estimate of drug-likeness (QED) is 0.448. The zero-order valence-corrected chi connectivity index (χ0v) is 9.79. The van der Waals surface area contributed by atoms with Gasteiger partial charge in [-0.25, -0.2) is 0 Å². The topological polar surface area (TPSA) is 35.5 Å². The normalized spacial score (nSPS) is 11.3. The van der Waals surface area contributed by atoms with Crippen molar-refractivity contribution in [3.63, 3.8) is 0 Å². The summed E-state index contributed by atoms with van der Waals surface area (Å²) in [5, 5.41) is 0. The van der Waals surface area contributed by atoms with E-state index in [1.807, 2.05) is 0 Å². The molecule has 0 atom stereocenters. The fraction of sp³-hybridized carbons (Fsp3) is 0.417. The predicted molar refractivity (Wildman–Crippen MR) is 58.6 cm³/mol. The van der Waals surface area contributed by atoms with Gasteiger partial charge < -0.3 is 9.47 Å². The van der Waals surface area contributed by atoms with E-state index in [2.05, 4.69) is 4.74 Å². The van der Waals surface area contributed by atoms with Gasteiger partial charge in [0.15, 0.2) is 12.6 Å². The van der Waals surface area contributed by atoms with E-state index in [9.17, 15) is 18.0 Å². The maximum absolute atomic E-state index is 11.7. The molecule has 0 fully saturated rings. The van der Waals surface area contributed by atoms with E-state index < -0.39 is 19.6 Å². The number of halogens is 3. The van der Waals surface area contributed by atoms with Crippen LogP contribution in [0.5, 0.6) is 5.75 Å². The number of alkyl halides is 3. The molecule has 1 aromatic carbocycles. The van der Waals surface area contributed by atoms with Crippen molar-refractivity contribution in [3.05, 3.63) is 29.8 Å². The second-order valence-corrected chi connectivity index (χ2v) is 3.53. The Morgan fingerprint density at radius 1 is 1.22 bits per heavy atom. The van der Waals surface area contributed by atoms with Crippen molar-refractivity contribution < 1.29 is 27.4 Å². The third-order valence-electron chi connectivity index (χ3n) is 2.07. The molecule has 0 aliphatic rings. The van der Waals surface area contributed by atoms with Crippen LogP contribution in [0.4, 0.5) is 13.2 Å². The van der Waals surface area contributed by atoms with E-state index in [1.54, 1.807) is 19.1 Å². The first kappa shape index (κ1) is 14.5. The fourth-order valence-corrected chi connectivity index (χ4v) is 1.21. The van der Waals surface area contributed by atoms with Gasteiger partial charge in [0.05, 0.1) is 0 Å². The Balaban J connectivity index is 2.38. The Kier molecular flexibility index (Phi) is 5.15. The van der Waals surface area contributed by atoms with E-state index in [4.69, 9.17) is 4.74 Å². The highest BCUT2D eigenvalue weighted by Gasteiger charge is 2.27. The lowest BCUT2D eigenvalue weighted by molar-refractivity contribution is -0.186. The van der Waals surface area contributed by atoms with Gasteiger partial charge in [-0.1, -0.05) is 6.92 Å². The highest BCUT2D eigenvalue weighted by Crippen LogP contribution is 2.16. The molecule has 6 heteroatoms. The molecule has 0 saturated heterocycles. The first-order valence-electron chi connectivity index (χ1n) is 5.33. The van der Waals surface area contributed by atoms with Gasteiger partial charge in [-0.2, -0.15) is 13.2 Å². The summed E-state index contributed by atoms with van der Waals surface area (Å²) in [7, 11) is 0. The van der Waals surface area contributed by atoms with Crippen molar-refractivity contribution in [2.24, 2.45) is 0 Å². The van der Waals surface area contributed by atoms with Crippen LogP contribution in [0, 0.1) is 0 Å². The molecule has 1 rings (SSSR count). The maximum Gasteiger partial charge on any atom is 0.411 e. The number of rotatable bonds is 6. The summed E-state index contributed by atoms with van der Waals surface area (Å²) >= 11 is 0. The Labute approximate surface area is 103 Å². The van der Waals surface area contributed by atoms with Crippen LogP contribution in [-0.4, -0.2) is 25.4 Å². The van der Waals surface area contributed by atoms with Crippen molar-refractivity contribution >= 4 is 5.78 Å². The lowest BCUT2D eigenvalue weighted by Crippen LogP contribution is -2.19. The molecule has 3 nitrogen and oxygen atoms in total. The van der Waals surface area contributed by atoms with Gasteiger partial charge in [0.1, 0.15) is 12.4 Å². The smallest absolute Gasteiger partial charge is 0.411 e. The average molecular weight is 262 g/mol. The summed E-state index contributed by atoms with van der Waals surface area (Å²) in [5.41, 5.74) is 0.543. The second-order valence-electron chi connectivity index (χ2n) is 3.53. The molecule has 0 spiro atoms. The lowest BCUT2D eigenvalue weighted by Gasteiger charge is -2.09. The molecule has 0 amide bonds. The Bertz CT molecular complexity index is 385.